The predicted octanol–water partition coefficient (Wildman–Crippen LogP) is 8.00. The molecule has 0 aliphatic rings. The summed E-state index contributed by atoms with van der Waals surface area (Å²) in [6, 6.07) is 33.6. The molecule has 0 spiro atoms. The van der Waals surface area contributed by atoms with Gasteiger partial charge in [-0.25, -0.2) is 0 Å². The summed E-state index contributed by atoms with van der Waals surface area (Å²) >= 11 is 11.0. The summed E-state index contributed by atoms with van der Waals surface area (Å²) in [7, 11) is 0. The molecule has 9 heteroatoms. The van der Waals surface area contributed by atoms with Crippen LogP contribution in [-0.2, 0) is 4.79 Å². The van der Waals surface area contributed by atoms with E-state index in [1.807, 2.05) is 6.07 Å². The molecule has 0 saturated carbocycles. The molecule has 2 amide bonds. The third-order valence-corrected chi connectivity index (χ3v) is 8.11. The van der Waals surface area contributed by atoms with E-state index in [-0.39, 0.29) is 34.5 Å². The molecular weight excluding hydrogens is 634 g/mol. The summed E-state index contributed by atoms with van der Waals surface area (Å²) in [6.45, 7) is 0. The number of anilines is 1. The van der Waals surface area contributed by atoms with Crippen molar-refractivity contribution in [3.63, 3.8) is 0 Å². The summed E-state index contributed by atoms with van der Waals surface area (Å²) in [6.07, 6.45) is -0.0764. The number of rotatable bonds is 11. The molecule has 1 atom stereocenters. The minimum atomic E-state index is -0.787. The number of benzene rings is 4. The van der Waals surface area contributed by atoms with Gasteiger partial charge in [0.05, 0.1) is 22.4 Å². The third-order valence-electron chi connectivity index (χ3n) is 6.22. The Kier molecular flexibility index (Phi) is 11.1. The molecule has 6 nitrogen and oxygen atoms in total. The van der Waals surface area contributed by atoms with Gasteiger partial charge in [0.25, 0.3) is 5.91 Å². The molecule has 0 aliphatic carbocycles. The maximum atomic E-state index is 13.4. The first-order valence-corrected chi connectivity index (χ1v) is 15.0. The lowest BCUT2D eigenvalue weighted by atomic mass is 9.86. The zero-order valence-corrected chi connectivity index (χ0v) is 25.4. The van der Waals surface area contributed by atoms with Crippen LogP contribution in [0, 0.1) is 11.3 Å². The molecule has 42 heavy (non-hydrogen) atoms. The Morgan fingerprint density at radius 2 is 1.43 bits per heavy atom. The van der Waals surface area contributed by atoms with Gasteiger partial charge in [-0.05, 0) is 48.0 Å². The minimum absolute atomic E-state index is 0.0764. The minimum Gasteiger partial charge on any atom is -0.325 e. The van der Waals surface area contributed by atoms with Crippen molar-refractivity contribution in [2.75, 3.05) is 11.1 Å². The number of nitriles is 1. The predicted molar refractivity (Wildman–Crippen MR) is 171 cm³/mol. The highest BCUT2D eigenvalue weighted by Crippen LogP contribution is 2.37. The van der Waals surface area contributed by atoms with Gasteiger partial charge < -0.3 is 10.6 Å². The third kappa shape index (κ3) is 8.43. The van der Waals surface area contributed by atoms with Crippen LogP contribution in [0.2, 0.25) is 5.02 Å². The fourth-order valence-corrected chi connectivity index (χ4v) is 5.54. The first kappa shape index (κ1) is 30.8. The molecule has 0 aliphatic heterocycles. The summed E-state index contributed by atoms with van der Waals surface area (Å²) in [5.74, 6) is -1.87. The molecular formula is C33H25BrClN3O3S. The number of thioether (sulfide) groups is 1. The molecule has 4 rings (SSSR count). The van der Waals surface area contributed by atoms with Crippen LogP contribution in [0.3, 0.4) is 0 Å². The van der Waals surface area contributed by atoms with Crippen LogP contribution >= 0.6 is 39.3 Å². The average molecular weight is 659 g/mol. The molecule has 0 bridgehead atoms. The van der Waals surface area contributed by atoms with E-state index in [2.05, 4.69) is 32.6 Å². The van der Waals surface area contributed by atoms with Crippen LogP contribution in [0.1, 0.15) is 38.6 Å². The lowest BCUT2D eigenvalue weighted by Crippen LogP contribution is -2.25. The van der Waals surface area contributed by atoms with E-state index in [0.29, 0.717) is 27.4 Å². The molecule has 1 unspecified atom stereocenters. The molecule has 0 aromatic heterocycles. The maximum Gasteiger partial charge on any atom is 0.256 e. The number of Topliss-reactive ketones (excluding diaryl/α,β-unsaturated/α-hetero) is 1. The number of hydrogen-bond acceptors (Lipinski definition) is 5. The fourth-order valence-electron chi connectivity index (χ4n) is 4.15. The van der Waals surface area contributed by atoms with Gasteiger partial charge in [-0.3, -0.25) is 14.4 Å². The van der Waals surface area contributed by atoms with E-state index >= 15 is 0 Å². The second-order valence-electron chi connectivity index (χ2n) is 9.09. The highest BCUT2D eigenvalue weighted by Gasteiger charge is 2.28. The van der Waals surface area contributed by atoms with Crippen LogP contribution in [0.15, 0.2) is 124 Å². The van der Waals surface area contributed by atoms with Crippen molar-refractivity contribution in [1.29, 1.82) is 5.26 Å². The molecule has 210 valence electrons. The van der Waals surface area contributed by atoms with Crippen LogP contribution < -0.4 is 10.6 Å². The van der Waals surface area contributed by atoms with Crippen molar-refractivity contribution in [2.45, 2.75) is 12.3 Å². The molecule has 2 N–H and O–H groups in total. The van der Waals surface area contributed by atoms with Gasteiger partial charge in [0.2, 0.25) is 5.91 Å². The van der Waals surface area contributed by atoms with E-state index < -0.39 is 11.8 Å². The Hall–Kier alpha value is -4.16. The standard InChI is InChI=1S/C33H25BrClN3O3S/c34-24-15-17-25(18-16-24)37-31(40)21-42-33(38-32(41)23-11-5-2-6-12-23)28(20-36)27(26-13-7-8-14-29(26)35)19-30(39)22-9-3-1-4-10-22/h1-18,27H,19,21H2,(H,37,40)(H,38,41)/b33-28-. The molecule has 0 saturated heterocycles. The monoisotopic (exact) mass is 657 g/mol. The Morgan fingerprint density at radius 3 is 2.05 bits per heavy atom. The quantitative estimate of drug-likeness (QED) is 0.126. The summed E-state index contributed by atoms with van der Waals surface area (Å²) in [5, 5.41) is 16.7. The van der Waals surface area contributed by atoms with Gasteiger partial charge in [-0.1, -0.05) is 106 Å². The van der Waals surface area contributed by atoms with Crippen molar-refractivity contribution < 1.29 is 14.4 Å². The molecule has 0 heterocycles. The number of nitrogens with zero attached hydrogens (tertiary/aromatic N) is 1. The first-order valence-electron chi connectivity index (χ1n) is 12.9. The van der Waals surface area contributed by atoms with Crippen LogP contribution in [0.25, 0.3) is 0 Å². The normalized spacial score (nSPS) is 11.9. The Bertz CT molecular complexity index is 1640. The highest BCUT2D eigenvalue weighted by molar-refractivity contribution is 9.10. The van der Waals surface area contributed by atoms with Crippen molar-refractivity contribution >= 4 is 62.6 Å². The van der Waals surface area contributed by atoms with Crippen molar-refractivity contribution in [3.05, 3.63) is 146 Å². The second kappa shape index (κ2) is 15.2. The van der Waals surface area contributed by atoms with Crippen LogP contribution in [0.4, 0.5) is 5.69 Å². The van der Waals surface area contributed by atoms with Gasteiger partial charge >= 0.3 is 0 Å². The van der Waals surface area contributed by atoms with Crippen LogP contribution in [0.5, 0.6) is 0 Å². The second-order valence-corrected chi connectivity index (χ2v) is 11.4. The number of carbonyl (C=O) groups excluding carboxylic acids is 3. The Morgan fingerprint density at radius 1 is 0.833 bits per heavy atom. The number of hydrogen-bond donors (Lipinski definition) is 2. The molecule has 4 aromatic carbocycles. The fraction of sp³-hybridized carbons (Fsp3) is 0.0909. The number of carbonyl (C=O) groups is 3. The number of nitrogens with one attached hydrogen (secondary N) is 2. The van der Waals surface area contributed by atoms with Crippen molar-refractivity contribution in [1.82, 2.24) is 5.32 Å². The van der Waals surface area contributed by atoms with E-state index in [1.54, 1.807) is 103 Å². The first-order chi connectivity index (χ1) is 20.4. The Balaban J connectivity index is 1.72. The SMILES string of the molecule is N#C/C(=C(\NC(=O)c1ccccc1)SCC(=O)Nc1ccc(Br)cc1)C(CC(=O)c1ccccc1)c1ccccc1Cl. The molecule has 0 radical (unpaired) electrons. The van der Waals surface area contributed by atoms with E-state index in [4.69, 9.17) is 11.6 Å². The van der Waals surface area contributed by atoms with E-state index in [0.717, 1.165) is 16.2 Å². The van der Waals surface area contributed by atoms with Gasteiger partial charge in [0, 0.05) is 38.6 Å². The lowest BCUT2D eigenvalue weighted by molar-refractivity contribution is -0.113. The van der Waals surface area contributed by atoms with Crippen molar-refractivity contribution in [3.8, 4) is 6.07 Å². The Labute approximate surface area is 261 Å². The molecule has 0 fully saturated rings. The summed E-state index contributed by atoms with van der Waals surface area (Å²) in [4.78, 5) is 39.5. The number of allylic oxidation sites excluding steroid dienone is 1. The maximum absolute atomic E-state index is 13.4. The van der Waals surface area contributed by atoms with E-state index in [9.17, 15) is 19.6 Å². The average Bonchev–Trinajstić information content (AvgIpc) is 3.01. The smallest absolute Gasteiger partial charge is 0.256 e. The van der Waals surface area contributed by atoms with Gasteiger partial charge in [0.15, 0.2) is 5.78 Å². The topological polar surface area (TPSA) is 99.1 Å². The van der Waals surface area contributed by atoms with Crippen LogP contribution in [-0.4, -0.2) is 23.4 Å². The zero-order chi connectivity index (χ0) is 29.9. The van der Waals surface area contributed by atoms with E-state index in [1.165, 1.54) is 0 Å². The number of ketones is 1. The zero-order valence-electron chi connectivity index (χ0n) is 22.2. The number of halogens is 2. The summed E-state index contributed by atoms with van der Waals surface area (Å²) in [5.41, 5.74) is 2.15. The van der Waals surface area contributed by atoms with Gasteiger partial charge in [-0.2, -0.15) is 5.26 Å². The van der Waals surface area contributed by atoms with Gasteiger partial charge in [-0.15, -0.1) is 0 Å². The number of amides is 2. The van der Waals surface area contributed by atoms with Gasteiger partial charge in [0.1, 0.15) is 0 Å². The summed E-state index contributed by atoms with van der Waals surface area (Å²) < 4.78 is 0.873. The lowest BCUT2D eigenvalue weighted by Gasteiger charge is -2.21. The highest BCUT2D eigenvalue weighted by atomic mass is 79.9. The molecule has 4 aromatic rings. The largest absolute Gasteiger partial charge is 0.325 e. The van der Waals surface area contributed by atoms with Crippen molar-refractivity contribution in [2.24, 2.45) is 0 Å².